The van der Waals surface area contributed by atoms with Gasteiger partial charge in [-0.2, -0.15) is 13.2 Å². The number of aromatic hydroxyl groups is 1. The number of pyridine rings is 1. The van der Waals surface area contributed by atoms with Gasteiger partial charge in [0.15, 0.2) is 5.60 Å². The van der Waals surface area contributed by atoms with Gasteiger partial charge in [-0.05, 0) is 47.2 Å². The second-order valence-electron chi connectivity index (χ2n) is 9.38. The third-order valence-electron chi connectivity index (χ3n) is 7.13. The van der Waals surface area contributed by atoms with E-state index in [0.717, 1.165) is 12.1 Å². The van der Waals surface area contributed by atoms with Crippen LogP contribution in [0.15, 0.2) is 41.2 Å². The monoisotopic (exact) mass is 478 g/mol. The van der Waals surface area contributed by atoms with E-state index in [1.54, 1.807) is 19.1 Å². The second kappa shape index (κ2) is 8.01. The first kappa shape index (κ1) is 24.1. The largest absolute Gasteiger partial charge is 0.508 e. The van der Waals surface area contributed by atoms with Crippen molar-refractivity contribution in [3.63, 3.8) is 0 Å². The van der Waals surface area contributed by atoms with E-state index in [4.69, 9.17) is 0 Å². The first-order chi connectivity index (χ1) is 15.8. The number of phenols is 1. The number of hydrogen-bond donors (Lipinski definition) is 4. The van der Waals surface area contributed by atoms with Crippen LogP contribution < -0.4 is 10.9 Å². The van der Waals surface area contributed by atoms with Gasteiger partial charge in [0, 0.05) is 28.6 Å². The summed E-state index contributed by atoms with van der Waals surface area (Å²) >= 11 is 0. The number of halogens is 4. The molecule has 0 saturated carbocycles. The molecule has 3 aromatic rings. The van der Waals surface area contributed by atoms with Crippen LogP contribution in [0.2, 0.25) is 0 Å². The molecular weight excluding hydrogens is 452 g/mol. The second-order valence-corrected chi connectivity index (χ2v) is 9.38. The van der Waals surface area contributed by atoms with Crippen LogP contribution in [0.25, 0.3) is 10.9 Å². The number of rotatable bonds is 3. The normalized spacial score (nSPS) is 24.9. The number of phenolic OH excluding ortho intramolecular Hbond substituents is 1. The van der Waals surface area contributed by atoms with E-state index in [2.05, 4.69) is 10.3 Å². The van der Waals surface area contributed by atoms with Crippen LogP contribution >= 0.6 is 0 Å². The van der Waals surface area contributed by atoms with Crippen molar-refractivity contribution in [2.24, 2.45) is 5.92 Å². The molecule has 1 aromatic heterocycles. The average Bonchev–Trinajstić information content (AvgIpc) is 2.75. The molecule has 5 nitrogen and oxygen atoms in total. The van der Waals surface area contributed by atoms with Crippen LogP contribution in [0.1, 0.15) is 62.3 Å². The molecule has 182 valence electrons. The lowest BCUT2D eigenvalue weighted by molar-refractivity contribution is -0.289. The van der Waals surface area contributed by atoms with Crippen LogP contribution in [-0.2, 0) is 0 Å². The van der Waals surface area contributed by atoms with Gasteiger partial charge in [-0.3, -0.25) is 4.79 Å². The number of aromatic amines is 1. The molecule has 0 radical (unpaired) electrons. The number of benzene rings is 2. The minimum Gasteiger partial charge on any atom is -0.508 e. The fourth-order valence-corrected chi connectivity index (χ4v) is 4.99. The number of fused-ring (bicyclic) bond motifs is 2. The molecule has 1 heterocycles. The Hall–Kier alpha value is -3.07. The van der Waals surface area contributed by atoms with Gasteiger partial charge in [-0.25, -0.2) is 4.39 Å². The van der Waals surface area contributed by atoms with E-state index in [0.29, 0.717) is 11.1 Å². The van der Waals surface area contributed by atoms with Gasteiger partial charge in [-0.15, -0.1) is 0 Å². The minimum absolute atomic E-state index is 0.0952. The molecule has 0 spiro atoms. The van der Waals surface area contributed by atoms with E-state index in [1.807, 2.05) is 13.8 Å². The molecule has 4 unspecified atom stereocenters. The Kier molecular flexibility index (Phi) is 5.67. The number of aliphatic hydroxyl groups is 1. The Bertz CT molecular complexity index is 1320. The lowest BCUT2D eigenvalue weighted by Gasteiger charge is -2.49. The van der Waals surface area contributed by atoms with Crippen LogP contribution in [0.3, 0.4) is 0 Å². The van der Waals surface area contributed by atoms with Crippen molar-refractivity contribution in [3.8, 4) is 5.75 Å². The standard InChI is InChI=1S/C25H26F4N2O3/c1-11(2)14-9-16-21(19(32)10-14)12(3)13(4)24(34,25(27,28)29)23(16)30-18-7-6-17(26)22-15(18)5-8-20(33)31-22/h5-13,23,30,32,34H,1-4H3,(H,31,33). The highest BCUT2D eigenvalue weighted by Crippen LogP contribution is 2.57. The molecule has 0 amide bonds. The Balaban J connectivity index is 2.01. The summed E-state index contributed by atoms with van der Waals surface area (Å²) in [6.07, 6.45) is -5.02. The zero-order valence-electron chi connectivity index (χ0n) is 19.1. The Morgan fingerprint density at radius 2 is 1.79 bits per heavy atom. The van der Waals surface area contributed by atoms with E-state index >= 15 is 0 Å². The molecule has 2 aromatic carbocycles. The van der Waals surface area contributed by atoms with Gasteiger partial charge in [0.2, 0.25) is 5.56 Å². The first-order valence-electron chi connectivity index (χ1n) is 11.0. The molecule has 0 bridgehead atoms. The smallest absolute Gasteiger partial charge is 0.419 e. The number of anilines is 1. The quantitative estimate of drug-likeness (QED) is 0.364. The number of nitrogens with one attached hydrogen (secondary N) is 2. The Morgan fingerprint density at radius 1 is 1.12 bits per heavy atom. The van der Waals surface area contributed by atoms with Crippen LogP contribution in [-0.4, -0.2) is 27.0 Å². The van der Waals surface area contributed by atoms with E-state index in [-0.39, 0.29) is 33.8 Å². The molecule has 1 aliphatic rings. The highest BCUT2D eigenvalue weighted by molar-refractivity contribution is 5.91. The first-order valence-corrected chi connectivity index (χ1v) is 11.0. The number of alkyl halides is 3. The molecule has 0 aliphatic heterocycles. The summed E-state index contributed by atoms with van der Waals surface area (Å²) in [6, 6.07) is 6.16. The molecule has 9 heteroatoms. The number of H-pyrrole nitrogens is 1. The van der Waals surface area contributed by atoms with E-state index in [9.17, 15) is 32.6 Å². The van der Waals surface area contributed by atoms with E-state index < -0.39 is 41.0 Å². The van der Waals surface area contributed by atoms with Crippen LogP contribution in [0.5, 0.6) is 5.75 Å². The van der Waals surface area contributed by atoms with Crippen molar-refractivity contribution in [1.82, 2.24) is 4.98 Å². The molecule has 4 N–H and O–H groups in total. The summed E-state index contributed by atoms with van der Waals surface area (Å²) in [6.45, 7) is 6.53. The third kappa shape index (κ3) is 3.53. The lowest BCUT2D eigenvalue weighted by Crippen LogP contribution is -2.60. The summed E-state index contributed by atoms with van der Waals surface area (Å²) in [5.41, 5.74) is -2.77. The predicted molar refractivity (Wildman–Crippen MR) is 122 cm³/mol. The molecule has 34 heavy (non-hydrogen) atoms. The maximum atomic E-state index is 14.5. The zero-order chi connectivity index (χ0) is 25.2. The van der Waals surface area contributed by atoms with Crippen molar-refractivity contribution in [1.29, 1.82) is 0 Å². The van der Waals surface area contributed by atoms with Gasteiger partial charge in [0.25, 0.3) is 0 Å². The SMILES string of the molecule is CC(C)c1cc(O)c2c(c1)C(Nc1ccc(F)c3[nH]c(=O)ccc13)C(O)(C(F)(F)F)C(C)C2C. The fraction of sp³-hybridized carbons (Fsp3) is 0.400. The van der Waals surface area contributed by atoms with Crippen molar-refractivity contribution in [2.75, 3.05) is 5.32 Å². The topological polar surface area (TPSA) is 85.4 Å². The van der Waals surface area contributed by atoms with Crippen molar-refractivity contribution >= 4 is 16.6 Å². The minimum atomic E-state index is -5.02. The Morgan fingerprint density at radius 3 is 2.41 bits per heavy atom. The zero-order valence-corrected chi connectivity index (χ0v) is 19.1. The molecular formula is C25H26F4N2O3. The number of hydrogen-bond acceptors (Lipinski definition) is 4. The van der Waals surface area contributed by atoms with Crippen molar-refractivity contribution < 1.29 is 27.8 Å². The number of aromatic nitrogens is 1. The molecule has 4 rings (SSSR count). The molecule has 4 atom stereocenters. The highest BCUT2D eigenvalue weighted by atomic mass is 19.4. The molecule has 1 aliphatic carbocycles. The molecule has 0 fully saturated rings. The van der Waals surface area contributed by atoms with Gasteiger partial charge >= 0.3 is 6.18 Å². The van der Waals surface area contributed by atoms with Crippen molar-refractivity contribution in [2.45, 2.75) is 57.3 Å². The summed E-state index contributed by atoms with van der Waals surface area (Å²) in [5, 5.41) is 25.0. The summed E-state index contributed by atoms with van der Waals surface area (Å²) in [7, 11) is 0. The van der Waals surface area contributed by atoms with E-state index in [1.165, 1.54) is 19.1 Å². The van der Waals surface area contributed by atoms with Crippen LogP contribution in [0, 0.1) is 11.7 Å². The lowest BCUT2D eigenvalue weighted by atomic mass is 9.63. The van der Waals surface area contributed by atoms with Gasteiger partial charge < -0.3 is 20.5 Å². The summed E-state index contributed by atoms with van der Waals surface area (Å²) in [4.78, 5) is 14.1. The Labute approximate surface area is 193 Å². The maximum absolute atomic E-state index is 14.5. The average molecular weight is 478 g/mol. The van der Waals surface area contributed by atoms with Gasteiger partial charge in [-0.1, -0.05) is 33.8 Å². The fourth-order valence-electron chi connectivity index (χ4n) is 4.99. The van der Waals surface area contributed by atoms with Crippen LogP contribution in [0.4, 0.5) is 23.2 Å². The van der Waals surface area contributed by atoms with Gasteiger partial charge in [0.05, 0.1) is 11.6 Å². The predicted octanol–water partition coefficient (Wildman–Crippen LogP) is 5.70. The molecule has 0 saturated heterocycles. The summed E-state index contributed by atoms with van der Waals surface area (Å²) in [5.74, 6) is -3.09. The summed E-state index contributed by atoms with van der Waals surface area (Å²) < 4.78 is 57.9. The maximum Gasteiger partial charge on any atom is 0.419 e. The van der Waals surface area contributed by atoms with Crippen molar-refractivity contribution in [3.05, 3.63) is 69.3 Å². The van der Waals surface area contributed by atoms with Gasteiger partial charge in [0.1, 0.15) is 11.6 Å². The third-order valence-corrected chi connectivity index (χ3v) is 7.13. The highest BCUT2D eigenvalue weighted by Gasteiger charge is 2.65.